The van der Waals surface area contributed by atoms with Gasteiger partial charge in [-0.25, -0.2) is 0 Å². The summed E-state index contributed by atoms with van der Waals surface area (Å²) in [5, 5.41) is 18.6. The summed E-state index contributed by atoms with van der Waals surface area (Å²) in [6.07, 6.45) is 1.25. The van der Waals surface area contributed by atoms with Crippen LogP contribution >= 0.6 is 0 Å². The Morgan fingerprint density at radius 3 is 2.47 bits per heavy atom. The summed E-state index contributed by atoms with van der Waals surface area (Å²) in [5.74, 6) is 0. The van der Waals surface area contributed by atoms with Crippen LogP contribution in [0.2, 0.25) is 0 Å². The summed E-state index contributed by atoms with van der Waals surface area (Å²) in [6.45, 7) is 9.84. The predicted octanol–water partition coefficient (Wildman–Crippen LogP) is -0.840. The lowest BCUT2D eigenvalue weighted by Gasteiger charge is -2.35. The fourth-order valence-corrected chi connectivity index (χ4v) is 1.98. The quantitative estimate of drug-likeness (QED) is 0.431. The van der Waals surface area contributed by atoms with E-state index in [9.17, 15) is 5.11 Å². The molecule has 0 amide bonds. The van der Waals surface area contributed by atoms with E-state index in [2.05, 4.69) is 16.4 Å². The van der Waals surface area contributed by atoms with Crippen molar-refractivity contribution in [3.8, 4) is 0 Å². The van der Waals surface area contributed by atoms with Crippen molar-refractivity contribution >= 4 is 0 Å². The van der Waals surface area contributed by atoms with Gasteiger partial charge in [-0.1, -0.05) is 6.08 Å². The zero-order chi connectivity index (χ0) is 12.5. The molecule has 0 spiro atoms. The van der Waals surface area contributed by atoms with Gasteiger partial charge >= 0.3 is 0 Å². The smallest absolute Gasteiger partial charge is 0.0900 e. The molecule has 0 aromatic carbocycles. The standard InChI is InChI=1S/C12H24N2O3/c1-2-9-17-11-12(16)10-14-5-3-13(4-6-14)7-8-15/h2,12,15-16H,1,3-11H2. The van der Waals surface area contributed by atoms with Gasteiger partial charge in [0.05, 0.1) is 25.9 Å². The summed E-state index contributed by atoms with van der Waals surface area (Å²) in [6, 6.07) is 0. The molecule has 0 aromatic heterocycles. The molecule has 0 bridgehead atoms. The van der Waals surface area contributed by atoms with E-state index < -0.39 is 6.10 Å². The molecule has 100 valence electrons. The molecule has 5 heteroatoms. The number of ether oxygens (including phenoxy) is 1. The van der Waals surface area contributed by atoms with E-state index in [1.807, 2.05) is 0 Å². The van der Waals surface area contributed by atoms with E-state index in [-0.39, 0.29) is 6.61 Å². The molecule has 1 heterocycles. The summed E-state index contributed by atoms with van der Waals surface area (Å²) in [4.78, 5) is 4.47. The molecule has 1 rings (SSSR count). The number of β-amino-alcohol motifs (C(OH)–C–C–N with tert-alkyl or cyclic N) is 2. The van der Waals surface area contributed by atoms with Crippen LogP contribution in [0.3, 0.4) is 0 Å². The van der Waals surface area contributed by atoms with Crippen LogP contribution in [-0.2, 0) is 4.74 Å². The van der Waals surface area contributed by atoms with Crippen molar-refractivity contribution in [2.45, 2.75) is 6.10 Å². The monoisotopic (exact) mass is 244 g/mol. The minimum Gasteiger partial charge on any atom is -0.395 e. The molecule has 0 saturated carbocycles. The second-order valence-electron chi connectivity index (χ2n) is 4.35. The SMILES string of the molecule is C=CCOCC(O)CN1CCN(CCO)CC1. The zero-order valence-corrected chi connectivity index (χ0v) is 10.4. The van der Waals surface area contributed by atoms with Gasteiger partial charge in [-0.2, -0.15) is 0 Å². The van der Waals surface area contributed by atoms with Crippen molar-refractivity contribution in [3.05, 3.63) is 12.7 Å². The Morgan fingerprint density at radius 1 is 1.24 bits per heavy atom. The molecule has 1 aliphatic rings. The zero-order valence-electron chi connectivity index (χ0n) is 10.4. The van der Waals surface area contributed by atoms with Crippen LogP contribution in [0.15, 0.2) is 12.7 Å². The third-order valence-electron chi connectivity index (χ3n) is 2.90. The topological polar surface area (TPSA) is 56.2 Å². The molecular formula is C12H24N2O3. The largest absolute Gasteiger partial charge is 0.395 e. The number of piperazine rings is 1. The summed E-state index contributed by atoms with van der Waals surface area (Å²) in [5.41, 5.74) is 0. The van der Waals surface area contributed by atoms with Crippen molar-refractivity contribution < 1.29 is 14.9 Å². The fourth-order valence-electron chi connectivity index (χ4n) is 1.98. The van der Waals surface area contributed by atoms with Crippen LogP contribution in [0, 0.1) is 0 Å². The van der Waals surface area contributed by atoms with Gasteiger partial charge in [0.25, 0.3) is 0 Å². The molecule has 0 aliphatic carbocycles. The van der Waals surface area contributed by atoms with Crippen molar-refractivity contribution in [3.63, 3.8) is 0 Å². The van der Waals surface area contributed by atoms with Crippen molar-refractivity contribution in [1.82, 2.24) is 9.80 Å². The highest BCUT2D eigenvalue weighted by atomic mass is 16.5. The van der Waals surface area contributed by atoms with Crippen LogP contribution in [-0.4, -0.2) is 85.2 Å². The lowest BCUT2D eigenvalue weighted by atomic mass is 10.2. The van der Waals surface area contributed by atoms with Crippen molar-refractivity contribution in [2.75, 3.05) is 59.1 Å². The Balaban J connectivity index is 2.10. The molecule has 5 nitrogen and oxygen atoms in total. The van der Waals surface area contributed by atoms with E-state index in [1.54, 1.807) is 6.08 Å². The highest BCUT2D eigenvalue weighted by Crippen LogP contribution is 2.02. The van der Waals surface area contributed by atoms with Crippen LogP contribution in [0.5, 0.6) is 0 Å². The molecule has 2 N–H and O–H groups in total. The number of rotatable bonds is 8. The van der Waals surface area contributed by atoms with E-state index in [0.29, 0.717) is 19.8 Å². The van der Waals surface area contributed by atoms with Crippen molar-refractivity contribution in [2.24, 2.45) is 0 Å². The lowest BCUT2D eigenvalue weighted by molar-refractivity contribution is 0.0136. The van der Waals surface area contributed by atoms with E-state index in [1.165, 1.54) is 0 Å². The molecule has 1 aliphatic heterocycles. The van der Waals surface area contributed by atoms with Gasteiger partial charge in [0.15, 0.2) is 0 Å². The first-order chi connectivity index (χ1) is 8.26. The highest BCUT2D eigenvalue weighted by Gasteiger charge is 2.18. The summed E-state index contributed by atoms with van der Waals surface area (Å²) >= 11 is 0. The average molecular weight is 244 g/mol. The molecule has 0 aromatic rings. The van der Waals surface area contributed by atoms with Crippen LogP contribution in [0.1, 0.15) is 0 Å². The van der Waals surface area contributed by atoms with Crippen LogP contribution in [0.25, 0.3) is 0 Å². The number of aliphatic hydroxyl groups excluding tert-OH is 2. The molecule has 17 heavy (non-hydrogen) atoms. The third-order valence-corrected chi connectivity index (χ3v) is 2.90. The number of aliphatic hydroxyl groups is 2. The van der Waals surface area contributed by atoms with Gasteiger partial charge in [0, 0.05) is 39.3 Å². The van der Waals surface area contributed by atoms with Gasteiger partial charge in [-0.15, -0.1) is 6.58 Å². The summed E-state index contributed by atoms with van der Waals surface area (Å²) in [7, 11) is 0. The van der Waals surface area contributed by atoms with E-state index in [0.717, 1.165) is 32.7 Å². The maximum Gasteiger partial charge on any atom is 0.0900 e. The Morgan fingerprint density at radius 2 is 1.88 bits per heavy atom. The molecule has 1 saturated heterocycles. The van der Waals surface area contributed by atoms with Gasteiger partial charge in [-0.05, 0) is 0 Å². The number of nitrogens with zero attached hydrogens (tertiary/aromatic N) is 2. The Hall–Kier alpha value is -0.460. The average Bonchev–Trinajstić information content (AvgIpc) is 2.32. The molecule has 0 radical (unpaired) electrons. The Kier molecular flexibility index (Phi) is 7.39. The molecule has 1 fully saturated rings. The normalized spacial score (nSPS) is 20.4. The second kappa shape index (κ2) is 8.60. The van der Waals surface area contributed by atoms with Gasteiger partial charge in [0.2, 0.25) is 0 Å². The number of hydrogen-bond donors (Lipinski definition) is 2. The van der Waals surface area contributed by atoms with Gasteiger partial charge < -0.3 is 14.9 Å². The maximum absolute atomic E-state index is 9.74. The fraction of sp³-hybridized carbons (Fsp3) is 0.833. The van der Waals surface area contributed by atoms with Gasteiger partial charge in [-0.3, -0.25) is 9.80 Å². The van der Waals surface area contributed by atoms with Crippen LogP contribution in [0.4, 0.5) is 0 Å². The lowest BCUT2D eigenvalue weighted by Crippen LogP contribution is -2.49. The molecule has 1 unspecified atom stereocenters. The first kappa shape index (κ1) is 14.6. The van der Waals surface area contributed by atoms with Crippen molar-refractivity contribution in [1.29, 1.82) is 0 Å². The number of hydrogen-bond acceptors (Lipinski definition) is 5. The minimum atomic E-state index is -0.431. The first-order valence-corrected chi connectivity index (χ1v) is 6.18. The first-order valence-electron chi connectivity index (χ1n) is 6.18. The van der Waals surface area contributed by atoms with Crippen LogP contribution < -0.4 is 0 Å². The highest BCUT2D eigenvalue weighted by molar-refractivity contribution is 4.74. The van der Waals surface area contributed by atoms with E-state index >= 15 is 0 Å². The maximum atomic E-state index is 9.74. The predicted molar refractivity (Wildman–Crippen MR) is 67.0 cm³/mol. The Labute approximate surface area is 103 Å². The second-order valence-corrected chi connectivity index (χ2v) is 4.35. The van der Waals surface area contributed by atoms with Gasteiger partial charge in [0.1, 0.15) is 0 Å². The third kappa shape index (κ3) is 6.14. The summed E-state index contributed by atoms with van der Waals surface area (Å²) < 4.78 is 5.21. The molecular weight excluding hydrogens is 220 g/mol. The minimum absolute atomic E-state index is 0.220. The molecule has 1 atom stereocenters. The van der Waals surface area contributed by atoms with E-state index in [4.69, 9.17) is 9.84 Å². The Bertz CT molecular complexity index is 206.